The number of carbonyl (C=O) groups is 4. The summed E-state index contributed by atoms with van der Waals surface area (Å²) < 4.78 is 26.2. The van der Waals surface area contributed by atoms with Crippen molar-refractivity contribution >= 4 is 79.8 Å². The number of hydrogen-bond acceptors (Lipinski definition) is 9. The van der Waals surface area contributed by atoms with Crippen LogP contribution in [0.1, 0.15) is 60.1 Å². The van der Waals surface area contributed by atoms with Gasteiger partial charge in [0.05, 0.1) is 10.0 Å². The van der Waals surface area contributed by atoms with Gasteiger partial charge in [0, 0.05) is 47.6 Å². The summed E-state index contributed by atoms with van der Waals surface area (Å²) in [6.07, 6.45) is 1.75. The molecule has 1 aliphatic rings. The third-order valence-electron chi connectivity index (χ3n) is 7.44. The maximum Gasteiger partial charge on any atom is 0.355 e. The van der Waals surface area contributed by atoms with E-state index in [0.717, 1.165) is 67.3 Å². The monoisotopic (exact) mass is 772 g/mol. The largest absolute Gasteiger partial charge is 0.476 e. The first-order valence-corrected chi connectivity index (χ1v) is 17.7. The number of carboxylic acids is 1. The number of halogens is 4. The fourth-order valence-electron chi connectivity index (χ4n) is 4.81. The van der Waals surface area contributed by atoms with Crippen LogP contribution in [0, 0.1) is 11.6 Å². The number of nitrogens with one attached hydrogen (secondary N) is 3. The number of rotatable bonds is 9. The zero-order valence-corrected chi connectivity index (χ0v) is 29.5. The second-order valence-corrected chi connectivity index (χ2v) is 13.6. The lowest BCUT2D eigenvalue weighted by Crippen LogP contribution is -2.44. The van der Waals surface area contributed by atoms with E-state index in [1.165, 1.54) is 35.2 Å². The number of thiazole rings is 2. The van der Waals surface area contributed by atoms with Crippen molar-refractivity contribution in [1.29, 1.82) is 0 Å². The molecule has 2 aromatic heterocycles. The third kappa shape index (κ3) is 10.6. The molecule has 0 spiro atoms. The summed E-state index contributed by atoms with van der Waals surface area (Å²) >= 11 is 13.4. The average molecular weight is 774 g/mol. The molecule has 3 heterocycles. The van der Waals surface area contributed by atoms with Gasteiger partial charge in [0.1, 0.15) is 17.3 Å². The van der Waals surface area contributed by atoms with Gasteiger partial charge in [-0.05, 0) is 54.8 Å². The van der Waals surface area contributed by atoms with E-state index < -0.39 is 29.4 Å². The van der Waals surface area contributed by atoms with E-state index in [1.807, 2.05) is 18.2 Å². The number of hydrogen-bond donors (Lipinski definition) is 4. The van der Waals surface area contributed by atoms with Crippen LogP contribution in [0.3, 0.4) is 0 Å². The number of benzene rings is 3. The maximum atomic E-state index is 13.3. The van der Waals surface area contributed by atoms with E-state index in [-0.39, 0.29) is 49.6 Å². The summed E-state index contributed by atoms with van der Waals surface area (Å²) in [4.78, 5) is 57.6. The molecule has 1 aliphatic heterocycles. The lowest BCUT2D eigenvalue weighted by Gasteiger charge is -2.32. The molecular formula is C34H28Cl2F2N6O5S2. The van der Waals surface area contributed by atoms with Crippen LogP contribution in [0.15, 0.2) is 77.5 Å². The minimum Gasteiger partial charge on any atom is -0.476 e. The Balaban J connectivity index is 0.000000226. The number of nitrogens with zero attached hydrogens (tertiary/aromatic N) is 3. The number of anilines is 2. The first-order valence-electron chi connectivity index (χ1n) is 15.2. The number of piperidine rings is 1. The van der Waals surface area contributed by atoms with Crippen LogP contribution in [-0.4, -0.2) is 62.8 Å². The fourth-order valence-corrected chi connectivity index (χ4v) is 6.54. The summed E-state index contributed by atoms with van der Waals surface area (Å²) in [6.45, 7) is 2.74. The van der Waals surface area contributed by atoms with E-state index >= 15 is 0 Å². The molecule has 1 saturated heterocycles. The molecule has 4 N–H and O–H groups in total. The summed E-state index contributed by atoms with van der Waals surface area (Å²) in [5, 5.41) is 19.8. The average Bonchev–Trinajstić information content (AvgIpc) is 3.79. The van der Waals surface area contributed by atoms with Gasteiger partial charge in [0.25, 0.3) is 17.7 Å². The van der Waals surface area contributed by atoms with Gasteiger partial charge in [-0.25, -0.2) is 23.5 Å². The van der Waals surface area contributed by atoms with Gasteiger partial charge >= 0.3 is 5.97 Å². The zero-order chi connectivity index (χ0) is 36.5. The molecule has 0 bridgehead atoms. The SMILES string of the molecule is O=C(Nc1nc(C(=O)NC2CCN(Cc3ccccc3)CC2)cs1)c1ccc(F)c(Cl)c1.O=C(Nc1nc(C(=O)O)cs1)c1ccc(F)c(Cl)c1. The Morgan fingerprint density at radius 1 is 0.765 bits per heavy atom. The molecule has 0 radical (unpaired) electrons. The van der Waals surface area contributed by atoms with Crippen molar-refractivity contribution in [3.63, 3.8) is 0 Å². The first kappa shape index (κ1) is 37.5. The first-order chi connectivity index (χ1) is 24.4. The molecule has 0 unspecified atom stereocenters. The van der Waals surface area contributed by atoms with Crippen molar-refractivity contribution in [3.8, 4) is 0 Å². The van der Waals surface area contributed by atoms with E-state index in [1.54, 1.807) is 5.38 Å². The van der Waals surface area contributed by atoms with Gasteiger partial charge in [0.15, 0.2) is 16.0 Å². The predicted octanol–water partition coefficient (Wildman–Crippen LogP) is 7.47. The number of aromatic carboxylic acids is 1. The Morgan fingerprint density at radius 3 is 1.76 bits per heavy atom. The van der Waals surface area contributed by atoms with Crippen LogP contribution in [0.4, 0.5) is 19.0 Å². The molecule has 6 rings (SSSR count). The van der Waals surface area contributed by atoms with E-state index in [9.17, 15) is 28.0 Å². The van der Waals surface area contributed by atoms with Crippen LogP contribution in [0.25, 0.3) is 0 Å². The van der Waals surface area contributed by atoms with Crippen molar-refractivity contribution in [2.75, 3.05) is 23.7 Å². The standard InChI is InChI=1S/C23H22ClFN4O2S.C11H6ClFN2O3S/c24-18-12-16(6-7-19(18)25)21(30)28-23-27-20(14-32-23)22(31)26-17-8-10-29(11-9-17)13-15-4-2-1-3-5-15;12-6-3-5(1-2-7(6)13)9(16)15-11-14-8(4-19-11)10(17)18/h1-7,12,14,17H,8-11,13H2,(H,26,31)(H,27,28,30);1-4H,(H,17,18)(H,14,15,16). The Labute approximate surface area is 308 Å². The van der Waals surface area contributed by atoms with Gasteiger partial charge in [-0.2, -0.15) is 0 Å². The van der Waals surface area contributed by atoms with Crippen molar-refractivity contribution in [2.45, 2.75) is 25.4 Å². The van der Waals surface area contributed by atoms with E-state index in [4.69, 9.17) is 28.3 Å². The Morgan fingerprint density at radius 2 is 1.27 bits per heavy atom. The van der Waals surface area contributed by atoms with Crippen LogP contribution >= 0.6 is 45.9 Å². The topological polar surface area (TPSA) is 154 Å². The molecule has 5 aromatic rings. The lowest BCUT2D eigenvalue weighted by atomic mass is 10.0. The lowest BCUT2D eigenvalue weighted by molar-refractivity contribution is 0.0690. The molecule has 1 fully saturated rings. The number of likely N-dealkylation sites (tertiary alicyclic amines) is 1. The van der Waals surface area contributed by atoms with Crippen LogP contribution in [0.2, 0.25) is 10.0 Å². The van der Waals surface area contributed by atoms with Crippen molar-refractivity contribution in [2.24, 2.45) is 0 Å². The Kier molecular flexibility index (Phi) is 12.8. The second-order valence-electron chi connectivity index (χ2n) is 11.1. The molecule has 0 saturated carbocycles. The van der Waals surface area contributed by atoms with Crippen LogP contribution in [-0.2, 0) is 6.54 Å². The normalized spacial score (nSPS) is 13.1. The van der Waals surface area contributed by atoms with Crippen molar-refractivity contribution < 1.29 is 33.1 Å². The highest BCUT2D eigenvalue weighted by molar-refractivity contribution is 7.14. The smallest absolute Gasteiger partial charge is 0.355 e. The van der Waals surface area contributed by atoms with Gasteiger partial charge in [-0.15, -0.1) is 22.7 Å². The highest BCUT2D eigenvalue weighted by Crippen LogP contribution is 2.22. The minimum atomic E-state index is -1.18. The quantitative estimate of drug-likeness (QED) is 0.120. The predicted molar refractivity (Wildman–Crippen MR) is 192 cm³/mol. The molecule has 264 valence electrons. The van der Waals surface area contributed by atoms with Gasteiger partial charge in [-0.1, -0.05) is 53.5 Å². The van der Waals surface area contributed by atoms with Crippen LogP contribution < -0.4 is 16.0 Å². The van der Waals surface area contributed by atoms with Gasteiger partial charge in [-0.3, -0.25) is 29.9 Å². The summed E-state index contributed by atoms with van der Waals surface area (Å²) in [5.74, 6) is -3.68. The highest BCUT2D eigenvalue weighted by Gasteiger charge is 2.23. The molecule has 51 heavy (non-hydrogen) atoms. The summed E-state index contributed by atoms with van der Waals surface area (Å²) in [5.41, 5.74) is 1.75. The van der Waals surface area contributed by atoms with Crippen LogP contribution in [0.5, 0.6) is 0 Å². The number of carboxylic acid groups (broad SMARTS) is 1. The Bertz CT molecular complexity index is 2040. The van der Waals surface area contributed by atoms with E-state index in [2.05, 4.69) is 43.0 Å². The van der Waals surface area contributed by atoms with Gasteiger partial charge < -0.3 is 10.4 Å². The molecule has 3 aromatic carbocycles. The Hall–Kier alpha value is -4.80. The van der Waals surface area contributed by atoms with Gasteiger partial charge in [0.2, 0.25) is 0 Å². The van der Waals surface area contributed by atoms with Crippen molar-refractivity contribution in [3.05, 3.63) is 127 Å². The molecule has 0 atom stereocenters. The summed E-state index contributed by atoms with van der Waals surface area (Å²) in [6, 6.07) is 17.7. The molecule has 0 aliphatic carbocycles. The zero-order valence-electron chi connectivity index (χ0n) is 26.4. The highest BCUT2D eigenvalue weighted by atomic mass is 35.5. The number of amides is 3. The molecule has 3 amide bonds. The molecular weight excluding hydrogens is 745 g/mol. The minimum absolute atomic E-state index is 0.0932. The van der Waals surface area contributed by atoms with E-state index in [0.29, 0.717) is 5.13 Å². The second kappa shape index (κ2) is 17.4. The molecule has 17 heteroatoms. The maximum absolute atomic E-state index is 13.3. The van der Waals surface area contributed by atoms with Crippen molar-refractivity contribution in [1.82, 2.24) is 20.2 Å². The number of aromatic nitrogens is 2. The molecule has 11 nitrogen and oxygen atoms in total. The summed E-state index contributed by atoms with van der Waals surface area (Å²) in [7, 11) is 0. The third-order valence-corrected chi connectivity index (χ3v) is 9.53. The fraction of sp³-hybridized carbons (Fsp3) is 0.176. The number of carbonyl (C=O) groups excluding carboxylic acids is 3.